The zero-order valence-corrected chi connectivity index (χ0v) is 26.0. The van der Waals surface area contributed by atoms with Gasteiger partial charge in [-0.25, -0.2) is 0 Å². The first-order valence-electron chi connectivity index (χ1n) is 15.3. The molecule has 0 aliphatic carbocycles. The molecule has 8 heteroatoms. The molecule has 1 aliphatic rings. The Labute approximate surface area is 264 Å². The summed E-state index contributed by atoms with van der Waals surface area (Å²) in [7, 11) is 1.61. The number of methoxy groups -OCH3 is 1. The summed E-state index contributed by atoms with van der Waals surface area (Å²) < 4.78 is 5.36. The first-order valence-corrected chi connectivity index (χ1v) is 15.3. The summed E-state index contributed by atoms with van der Waals surface area (Å²) in [6.07, 6.45) is 0.675. The van der Waals surface area contributed by atoms with Crippen LogP contribution in [0.5, 0.6) is 5.75 Å². The van der Waals surface area contributed by atoms with E-state index in [1.165, 1.54) is 0 Å². The van der Waals surface area contributed by atoms with Gasteiger partial charge < -0.3 is 26.0 Å². The van der Waals surface area contributed by atoms with E-state index < -0.39 is 6.04 Å². The number of nitrogens with one attached hydrogen (secondary N) is 2. The Morgan fingerprint density at radius 2 is 1.64 bits per heavy atom. The highest BCUT2D eigenvalue weighted by molar-refractivity contribution is 6.02. The van der Waals surface area contributed by atoms with E-state index >= 15 is 0 Å². The van der Waals surface area contributed by atoms with Crippen molar-refractivity contribution in [1.82, 2.24) is 10.6 Å². The number of anilines is 1. The predicted molar refractivity (Wildman–Crippen MR) is 177 cm³/mol. The molecule has 5 rings (SSSR count). The highest BCUT2D eigenvalue weighted by Crippen LogP contribution is 2.36. The largest absolute Gasteiger partial charge is 0.497 e. The van der Waals surface area contributed by atoms with Crippen molar-refractivity contribution in [3.63, 3.8) is 0 Å². The van der Waals surface area contributed by atoms with E-state index in [2.05, 4.69) is 10.6 Å². The number of rotatable bonds is 10. The third-order valence-corrected chi connectivity index (χ3v) is 8.14. The summed E-state index contributed by atoms with van der Waals surface area (Å²) in [5.41, 5.74) is 12.0. The van der Waals surface area contributed by atoms with Crippen LogP contribution < -0.4 is 26.0 Å². The van der Waals surface area contributed by atoms with E-state index in [-0.39, 0.29) is 36.1 Å². The van der Waals surface area contributed by atoms with Gasteiger partial charge in [0, 0.05) is 36.2 Å². The van der Waals surface area contributed by atoms with Gasteiger partial charge in [-0.15, -0.1) is 0 Å². The number of benzene rings is 4. The molecule has 0 fully saturated rings. The zero-order valence-electron chi connectivity index (χ0n) is 26.0. The normalized spacial score (nSPS) is 16.7. The number of hydrogen-bond donors (Lipinski definition) is 3. The van der Waals surface area contributed by atoms with Crippen molar-refractivity contribution in [3.05, 3.63) is 119 Å². The molecule has 0 aromatic heterocycles. The third kappa shape index (κ3) is 7.24. The molecular formula is C37H40N4O4. The minimum Gasteiger partial charge on any atom is -0.497 e. The number of para-hydroxylation sites is 1. The molecule has 4 N–H and O–H groups in total. The standard InChI is InChI=1S/C37H40N4O4/c1-4-39-36(43)31-11-7-6-10-30(31)26-15-13-25(14-16-26)23-41-33-12-8-5-9-28(33)22-32(27-17-19-29(45-3)20-18-27)35(37(41)44)40-34(42)21-24(2)38/h5-20,24,32,35H,4,21-23,38H2,1-3H3,(H,39,43)(H,40,42). The molecule has 4 aromatic rings. The van der Waals surface area contributed by atoms with Gasteiger partial charge in [0.1, 0.15) is 11.8 Å². The summed E-state index contributed by atoms with van der Waals surface area (Å²) in [5, 5.41) is 5.93. The SMILES string of the molecule is CCNC(=O)c1ccccc1-c1ccc(CN2C(=O)C(NC(=O)CC(C)N)C(c3ccc(OC)cc3)Cc3ccccc32)cc1. The van der Waals surface area contributed by atoms with Gasteiger partial charge in [0.05, 0.1) is 13.7 Å². The molecule has 0 spiro atoms. The van der Waals surface area contributed by atoms with Gasteiger partial charge in [-0.1, -0.05) is 72.8 Å². The second-order valence-corrected chi connectivity index (χ2v) is 11.5. The minimum atomic E-state index is -0.805. The van der Waals surface area contributed by atoms with E-state index in [9.17, 15) is 14.4 Å². The lowest BCUT2D eigenvalue weighted by Gasteiger charge is -2.30. The molecule has 0 radical (unpaired) electrons. The maximum atomic E-state index is 14.5. The van der Waals surface area contributed by atoms with Gasteiger partial charge in [0.2, 0.25) is 5.91 Å². The quantitative estimate of drug-likeness (QED) is 0.230. The molecule has 0 saturated heterocycles. The minimum absolute atomic E-state index is 0.116. The lowest BCUT2D eigenvalue weighted by Crippen LogP contribution is -2.51. The number of ether oxygens (including phenoxy) is 1. The number of amides is 3. The van der Waals surface area contributed by atoms with Crippen molar-refractivity contribution in [3.8, 4) is 16.9 Å². The number of carbonyl (C=O) groups excluding carboxylic acids is 3. The molecule has 0 bridgehead atoms. The van der Waals surface area contributed by atoms with Crippen LogP contribution in [-0.2, 0) is 22.6 Å². The second-order valence-electron chi connectivity index (χ2n) is 11.5. The Bertz CT molecular complexity index is 1650. The zero-order chi connectivity index (χ0) is 31.9. The van der Waals surface area contributed by atoms with Crippen LogP contribution in [0.1, 0.15) is 53.2 Å². The van der Waals surface area contributed by atoms with Crippen LogP contribution in [0, 0.1) is 0 Å². The lowest BCUT2D eigenvalue weighted by atomic mass is 9.86. The van der Waals surface area contributed by atoms with Gasteiger partial charge in [-0.2, -0.15) is 0 Å². The number of fused-ring (bicyclic) bond motifs is 1. The average Bonchev–Trinajstić information content (AvgIpc) is 3.15. The van der Waals surface area contributed by atoms with Gasteiger partial charge in [-0.3, -0.25) is 14.4 Å². The van der Waals surface area contributed by atoms with Crippen molar-refractivity contribution >= 4 is 23.4 Å². The van der Waals surface area contributed by atoms with Crippen LogP contribution in [0.3, 0.4) is 0 Å². The molecule has 8 nitrogen and oxygen atoms in total. The molecule has 45 heavy (non-hydrogen) atoms. The molecule has 3 unspecified atom stereocenters. The Kier molecular flexibility index (Phi) is 9.95. The lowest BCUT2D eigenvalue weighted by molar-refractivity contribution is -0.128. The first kappa shape index (κ1) is 31.5. The average molecular weight is 605 g/mol. The van der Waals surface area contributed by atoms with Crippen LogP contribution in [0.4, 0.5) is 5.69 Å². The van der Waals surface area contributed by atoms with Crippen LogP contribution in [0.2, 0.25) is 0 Å². The van der Waals surface area contributed by atoms with Crippen molar-refractivity contribution < 1.29 is 19.1 Å². The highest BCUT2D eigenvalue weighted by Gasteiger charge is 2.39. The van der Waals surface area contributed by atoms with Crippen molar-refractivity contribution in [2.45, 2.75) is 51.2 Å². The summed E-state index contributed by atoms with van der Waals surface area (Å²) in [4.78, 5) is 42.0. The number of nitrogens with zero attached hydrogens (tertiary/aromatic N) is 1. The van der Waals surface area contributed by atoms with Crippen molar-refractivity contribution in [1.29, 1.82) is 0 Å². The van der Waals surface area contributed by atoms with Gasteiger partial charge in [-0.05, 0) is 72.4 Å². The van der Waals surface area contributed by atoms with Gasteiger partial charge >= 0.3 is 0 Å². The molecule has 232 valence electrons. The Morgan fingerprint density at radius 3 is 2.33 bits per heavy atom. The number of hydrogen-bond acceptors (Lipinski definition) is 5. The summed E-state index contributed by atoms with van der Waals surface area (Å²) in [5.74, 6) is -0.158. The van der Waals surface area contributed by atoms with Gasteiger partial charge in [0.15, 0.2) is 0 Å². The van der Waals surface area contributed by atoms with Crippen molar-refractivity contribution in [2.24, 2.45) is 5.73 Å². The molecule has 3 amide bonds. The third-order valence-electron chi connectivity index (χ3n) is 8.14. The summed E-state index contributed by atoms with van der Waals surface area (Å²) >= 11 is 0. The molecule has 0 saturated carbocycles. The van der Waals surface area contributed by atoms with E-state index in [1.54, 1.807) is 18.9 Å². The van der Waals surface area contributed by atoms with Crippen LogP contribution in [-0.4, -0.2) is 43.5 Å². The maximum Gasteiger partial charge on any atom is 0.251 e. The molecule has 1 heterocycles. The number of nitrogens with two attached hydrogens (primary N) is 1. The smallest absolute Gasteiger partial charge is 0.251 e. The van der Waals surface area contributed by atoms with Crippen molar-refractivity contribution in [2.75, 3.05) is 18.6 Å². The summed E-state index contributed by atoms with van der Waals surface area (Å²) in [6.45, 7) is 4.52. The maximum absolute atomic E-state index is 14.5. The fourth-order valence-corrected chi connectivity index (χ4v) is 5.93. The first-order chi connectivity index (χ1) is 21.8. The molecule has 3 atom stereocenters. The Balaban J connectivity index is 1.50. The topological polar surface area (TPSA) is 114 Å². The van der Waals surface area contributed by atoms with E-state index in [0.717, 1.165) is 39.3 Å². The van der Waals surface area contributed by atoms with E-state index in [4.69, 9.17) is 10.5 Å². The monoisotopic (exact) mass is 604 g/mol. The molecule has 1 aliphatic heterocycles. The van der Waals surface area contributed by atoms with Gasteiger partial charge in [0.25, 0.3) is 11.8 Å². The summed E-state index contributed by atoms with van der Waals surface area (Å²) in [6, 6.07) is 29.9. The molecule has 4 aromatic carbocycles. The molecular weight excluding hydrogens is 564 g/mol. The fraction of sp³-hybridized carbons (Fsp3) is 0.270. The van der Waals surface area contributed by atoms with Crippen LogP contribution >= 0.6 is 0 Å². The van der Waals surface area contributed by atoms with E-state index in [0.29, 0.717) is 25.1 Å². The Hall–Kier alpha value is -4.95. The fourth-order valence-electron chi connectivity index (χ4n) is 5.93. The highest BCUT2D eigenvalue weighted by atomic mass is 16.5. The predicted octanol–water partition coefficient (Wildman–Crippen LogP) is 5.21. The second kappa shape index (κ2) is 14.2. The van der Waals surface area contributed by atoms with Crippen LogP contribution in [0.15, 0.2) is 97.1 Å². The number of carbonyl (C=O) groups is 3. The Morgan fingerprint density at radius 1 is 0.956 bits per heavy atom. The van der Waals surface area contributed by atoms with E-state index in [1.807, 2.05) is 104 Å². The van der Waals surface area contributed by atoms with Crippen LogP contribution in [0.25, 0.3) is 11.1 Å².